The average molecular weight is 317 g/mol. The number of nitrogens with one attached hydrogen (secondary N) is 1. The van der Waals surface area contributed by atoms with E-state index in [0.29, 0.717) is 6.42 Å². The van der Waals surface area contributed by atoms with Crippen LogP contribution in [0.5, 0.6) is 0 Å². The van der Waals surface area contributed by atoms with Gasteiger partial charge < -0.3 is 10.1 Å². The van der Waals surface area contributed by atoms with Crippen molar-refractivity contribution >= 4 is 12.2 Å². The Labute approximate surface area is 140 Å². The highest BCUT2D eigenvalue weighted by molar-refractivity contribution is 5.79. The van der Waals surface area contributed by atoms with E-state index in [0.717, 1.165) is 25.5 Å². The molecule has 0 aromatic heterocycles. The van der Waals surface area contributed by atoms with Crippen LogP contribution >= 0.6 is 0 Å². The third kappa shape index (κ3) is 5.49. The Morgan fingerprint density at radius 2 is 1.78 bits per heavy atom. The third-order valence-electron chi connectivity index (χ3n) is 4.91. The topological polar surface area (TPSA) is 46.2 Å². The minimum absolute atomic E-state index is 0.0521. The van der Waals surface area contributed by atoms with Crippen molar-refractivity contribution in [1.82, 2.24) is 5.32 Å². The highest BCUT2D eigenvalue weighted by Gasteiger charge is 2.18. The van der Waals surface area contributed by atoms with Crippen molar-refractivity contribution in [2.24, 2.45) is 5.92 Å². The number of hydrogen-bond acceptors (Lipinski definition) is 2. The van der Waals surface area contributed by atoms with Gasteiger partial charge in [0, 0.05) is 18.4 Å². The van der Waals surface area contributed by atoms with E-state index in [1.165, 1.54) is 27.8 Å². The number of carbonyl (C=O) groups excluding carboxylic acids is 2. The van der Waals surface area contributed by atoms with Gasteiger partial charge in [-0.25, -0.2) is 0 Å². The van der Waals surface area contributed by atoms with Crippen LogP contribution in [0.4, 0.5) is 0 Å². The van der Waals surface area contributed by atoms with Crippen LogP contribution < -0.4 is 5.32 Å². The molecule has 0 saturated heterocycles. The van der Waals surface area contributed by atoms with Crippen molar-refractivity contribution in [3.8, 4) is 0 Å². The van der Waals surface area contributed by atoms with E-state index < -0.39 is 0 Å². The molecule has 3 heteroatoms. The van der Waals surface area contributed by atoms with Crippen molar-refractivity contribution in [2.45, 2.75) is 73.3 Å². The molecule has 128 valence electrons. The molecule has 0 unspecified atom stereocenters. The van der Waals surface area contributed by atoms with E-state index in [-0.39, 0.29) is 17.9 Å². The van der Waals surface area contributed by atoms with Gasteiger partial charge in [-0.05, 0) is 81.7 Å². The summed E-state index contributed by atoms with van der Waals surface area (Å²) in [5.74, 6) is 0.0441. The SMILES string of the molecule is Cc1cc(C[C@H](C)C(=O)N[C@H](C)CCCC=O)c(C)c(C)c1C. The van der Waals surface area contributed by atoms with Crippen LogP contribution in [0.2, 0.25) is 0 Å². The first-order chi connectivity index (χ1) is 10.8. The molecule has 2 atom stereocenters. The zero-order chi connectivity index (χ0) is 17.6. The lowest BCUT2D eigenvalue weighted by molar-refractivity contribution is -0.125. The fraction of sp³-hybridized carbons (Fsp3) is 0.600. The second kappa shape index (κ2) is 8.85. The maximum atomic E-state index is 12.4. The fourth-order valence-corrected chi connectivity index (χ4v) is 2.89. The Bertz CT molecular complexity index is 563. The average Bonchev–Trinajstić information content (AvgIpc) is 2.50. The quantitative estimate of drug-likeness (QED) is 0.582. The number of benzene rings is 1. The summed E-state index contributed by atoms with van der Waals surface area (Å²) in [6.45, 7) is 12.6. The Hall–Kier alpha value is -1.64. The summed E-state index contributed by atoms with van der Waals surface area (Å²) in [4.78, 5) is 22.7. The summed E-state index contributed by atoms with van der Waals surface area (Å²) >= 11 is 0. The van der Waals surface area contributed by atoms with Gasteiger partial charge in [0.05, 0.1) is 0 Å². The maximum absolute atomic E-state index is 12.4. The zero-order valence-corrected chi connectivity index (χ0v) is 15.5. The van der Waals surface area contributed by atoms with E-state index in [2.05, 4.69) is 39.1 Å². The van der Waals surface area contributed by atoms with Crippen LogP contribution in [-0.2, 0) is 16.0 Å². The number of aryl methyl sites for hydroxylation is 1. The number of carbonyl (C=O) groups is 2. The minimum Gasteiger partial charge on any atom is -0.353 e. The second-order valence-electron chi connectivity index (χ2n) is 6.84. The molecule has 0 aliphatic rings. The normalized spacial score (nSPS) is 13.5. The molecular formula is C20H31NO2. The lowest BCUT2D eigenvalue weighted by atomic mass is 9.89. The molecule has 0 fully saturated rings. The third-order valence-corrected chi connectivity index (χ3v) is 4.91. The lowest BCUT2D eigenvalue weighted by Gasteiger charge is -2.20. The Balaban J connectivity index is 2.67. The summed E-state index contributed by atoms with van der Waals surface area (Å²) in [7, 11) is 0. The van der Waals surface area contributed by atoms with Crippen LogP contribution in [0.3, 0.4) is 0 Å². The Kier molecular flexibility index (Phi) is 7.47. The summed E-state index contributed by atoms with van der Waals surface area (Å²) in [5, 5.41) is 3.06. The molecule has 1 aromatic carbocycles. The lowest BCUT2D eigenvalue weighted by Crippen LogP contribution is -2.37. The molecule has 0 aliphatic heterocycles. The van der Waals surface area contributed by atoms with Gasteiger partial charge in [-0.3, -0.25) is 4.79 Å². The number of amides is 1. The van der Waals surface area contributed by atoms with E-state index in [1.807, 2.05) is 13.8 Å². The molecule has 1 amide bonds. The Morgan fingerprint density at radius 3 is 2.39 bits per heavy atom. The van der Waals surface area contributed by atoms with Gasteiger partial charge in [0.2, 0.25) is 5.91 Å². The molecule has 0 bridgehead atoms. The molecule has 1 aromatic rings. The predicted molar refractivity (Wildman–Crippen MR) is 95.8 cm³/mol. The number of rotatable bonds is 8. The molecule has 3 nitrogen and oxygen atoms in total. The predicted octanol–water partition coefficient (Wildman–Crippen LogP) is 3.97. The first-order valence-electron chi connectivity index (χ1n) is 8.58. The zero-order valence-electron chi connectivity index (χ0n) is 15.5. The van der Waals surface area contributed by atoms with Crippen molar-refractivity contribution in [3.63, 3.8) is 0 Å². The van der Waals surface area contributed by atoms with Gasteiger partial charge in [-0.1, -0.05) is 13.0 Å². The molecule has 1 rings (SSSR count). The summed E-state index contributed by atoms with van der Waals surface area (Å²) in [6.07, 6.45) is 3.94. The van der Waals surface area contributed by atoms with E-state index in [9.17, 15) is 9.59 Å². The number of aldehydes is 1. The van der Waals surface area contributed by atoms with Gasteiger partial charge in [0.25, 0.3) is 0 Å². The smallest absolute Gasteiger partial charge is 0.223 e. The second-order valence-corrected chi connectivity index (χ2v) is 6.84. The summed E-state index contributed by atoms with van der Waals surface area (Å²) in [5.41, 5.74) is 6.52. The van der Waals surface area contributed by atoms with Crippen LogP contribution in [-0.4, -0.2) is 18.2 Å². The first-order valence-corrected chi connectivity index (χ1v) is 8.58. The van der Waals surface area contributed by atoms with Crippen LogP contribution in [0.25, 0.3) is 0 Å². The number of hydrogen-bond donors (Lipinski definition) is 1. The van der Waals surface area contributed by atoms with Gasteiger partial charge in [-0.15, -0.1) is 0 Å². The van der Waals surface area contributed by atoms with Gasteiger partial charge in [0.1, 0.15) is 6.29 Å². The first kappa shape index (κ1) is 19.4. The van der Waals surface area contributed by atoms with Gasteiger partial charge >= 0.3 is 0 Å². The molecule has 0 radical (unpaired) electrons. The van der Waals surface area contributed by atoms with E-state index in [1.54, 1.807) is 0 Å². The summed E-state index contributed by atoms with van der Waals surface area (Å²) in [6, 6.07) is 2.34. The van der Waals surface area contributed by atoms with Crippen molar-refractivity contribution in [2.75, 3.05) is 0 Å². The highest BCUT2D eigenvalue weighted by Crippen LogP contribution is 2.23. The standard InChI is InChI=1S/C20H31NO2/c1-13-11-19(18(6)17(5)16(13)4)12-14(2)20(23)21-15(3)9-7-8-10-22/h10-11,14-15H,7-9,12H2,1-6H3,(H,21,23)/t14-,15+/m0/s1. The molecular weight excluding hydrogens is 286 g/mol. The van der Waals surface area contributed by atoms with Gasteiger partial charge in [-0.2, -0.15) is 0 Å². The van der Waals surface area contributed by atoms with Crippen molar-refractivity contribution in [3.05, 3.63) is 33.9 Å². The van der Waals surface area contributed by atoms with E-state index in [4.69, 9.17) is 0 Å². The summed E-state index contributed by atoms with van der Waals surface area (Å²) < 4.78 is 0. The molecule has 0 heterocycles. The van der Waals surface area contributed by atoms with Crippen LogP contribution in [0.15, 0.2) is 6.07 Å². The van der Waals surface area contributed by atoms with Crippen LogP contribution in [0, 0.1) is 33.6 Å². The highest BCUT2D eigenvalue weighted by atomic mass is 16.1. The fourth-order valence-electron chi connectivity index (χ4n) is 2.89. The molecule has 0 saturated carbocycles. The van der Waals surface area contributed by atoms with Crippen molar-refractivity contribution < 1.29 is 9.59 Å². The Morgan fingerprint density at radius 1 is 1.13 bits per heavy atom. The van der Waals surface area contributed by atoms with Crippen LogP contribution in [0.1, 0.15) is 60.9 Å². The minimum atomic E-state index is -0.0521. The molecule has 23 heavy (non-hydrogen) atoms. The van der Waals surface area contributed by atoms with E-state index >= 15 is 0 Å². The van der Waals surface area contributed by atoms with Gasteiger partial charge in [0.15, 0.2) is 0 Å². The molecule has 0 aliphatic carbocycles. The number of unbranched alkanes of at least 4 members (excludes halogenated alkanes) is 1. The monoisotopic (exact) mass is 317 g/mol. The maximum Gasteiger partial charge on any atom is 0.223 e. The van der Waals surface area contributed by atoms with Crippen molar-refractivity contribution in [1.29, 1.82) is 0 Å². The largest absolute Gasteiger partial charge is 0.353 e. The molecule has 0 spiro atoms. The molecule has 1 N–H and O–H groups in total.